The maximum atomic E-state index is 15.1. The van der Waals surface area contributed by atoms with Crippen LogP contribution in [0, 0.1) is 17.3 Å². The van der Waals surface area contributed by atoms with E-state index in [2.05, 4.69) is 42.0 Å². The van der Waals surface area contributed by atoms with Crippen LogP contribution in [0.5, 0.6) is 0 Å². The van der Waals surface area contributed by atoms with Gasteiger partial charge in [-0.05, 0) is 20.8 Å². The number of sulfone groups is 1. The third kappa shape index (κ3) is 9.25. The molecule has 6 aliphatic rings. The minimum absolute atomic E-state index is 0.00368. The first kappa shape index (κ1) is 41.7. The van der Waals surface area contributed by atoms with E-state index in [1.54, 1.807) is 25.7 Å². The molecular weight excluding hydrogens is 821 g/mol. The van der Waals surface area contributed by atoms with Crippen molar-refractivity contribution in [1.29, 1.82) is 0 Å². The summed E-state index contributed by atoms with van der Waals surface area (Å²) in [5.74, 6) is -1.50. The molecule has 0 radical (unpaired) electrons. The number of hydrogen-bond acceptors (Lipinski definition) is 7. The summed E-state index contributed by atoms with van der Waals surface area (Å²) in [5, 5.41) is 12.0. The summed E-state index contributed by atoms with van der Waals surface area (Å²) in [6.45, 7) is 11.9. The zero-order chi connectivity index (χ0) is 39.3. The van der Waals surface area contributed by atoms with Crippen LogP contribution in [-0.4, -0.2) is 97.0 Å². The van der Waals surface area contributed by atoms with Crippen LogP contribution in [0.2, 0.25) is 0 Å². The zero-order valence-electron chi connectivity index (χ0n) is 33.4. The SMILES string of the molecule is CC1(C)[I-]C2C(C(=O)N[C@@H](CCC3CC3)C(=O)C(=O)NC3CC3)N(C(=O)[C@@H](NC(=O)NC3(CS(=O)(=O)C(C)(C)C)CCCCC3)C3(C)CCCCC3)CC21. The van der Waals surface area contributed by atoms with Gasteiger partial charge in [0.15, 0.2) is 0 Å². The van der Waals surface area contributed by atoms with Gasteiger partial charge in [0.05, 0.1) is 0 Å². The zero-order valence-corrected chi connectivity index (χ0v) is 36.3. The van der Waals surface area contributed by atoms with Gasteiger partial charge in [0.2, 0.25) is 0 Å². The Morgan fingerprint density at radius 3 is 2.02 bits per heavy atom. The Hall–Kier alpha value is -1.97. The van der Waals surface area contributed by atoms with Gasteiger partial charge in [0.25, 0.3) is 0 Å². The van der Waals surface area contributed by atoms with E-state index < -0.39 is 82.6 Å². The predicted molar refractivity (Wildman–Crippen MR) is 203 cm³/mol. The summed E-state index contributed by atoms with van der Waals surface area (Å²) in [6, 6.07) is -3.19. The first-order valence-corrected chi connectivity index (χ1v) is 24.6. The van der Waals surface area contributed by atoms with Gasteiger partial charge < -0.3 is 0 Å². The van der Waals surface area contributed by atoms with E-state index in [4.69, 9.17) is 0 Å². The number of hydrogen-bond donors (Lipinski definition) is 4. The third-order valence-corrected chi connectivity index (χ3v) is 20.9. The number of carbonyl (C=O) groups is 5. The number of halogens is 1. The number of alkyl halides is 2. The summed E-state index contributed by atoms with van der Waals surface area (Å²) >= 11 is -0.477. The molecule has 54 heavy (non-hydrogen) atoms. The van der Waals surface area contributed by atoms with Gasteiger partial charge in [0.1, 0.15) is 0 Å². The molecule has 6 rings (SSSR count). The van der Waals surface area contributed by atoms with Crippen LogP contribution in [0.1, 0.15) is 144 Å². The van der Waals surface area contributed by atoms with Gasteiger partial charge in [-0.25, -0.2) is 0 Å². The van der Waals surface area contributed by atoms with Crippen LogP contribution < -0.4 is 42.5 Å². The average Bonchev–Trinajstić information content (AvgIpc) is 4.03. The maximum absolute atomic E-state index is 15.1. The fourth-order valence-corrected chi connectivity index (χ4v) is 15.7. The molecule has 6 fully saturated rings. The Morgan fingerprint density at radius 2 is 1.46 bits per heavy atom. The Morgan fingerprint density at radius 1 is 0.852 bits per heavy atom. The second kappa shape index (κ2) is 15.8. The molecule has 0 aromatic rings. The van der Waals surface area contributed by atoms with Gasteiger partial charge in [-0.3, -0.25) is 0 Å². The van der Waals surface area contributed by atoms with Gasteiger partial charge >= 0.3 is 314 Å². The van der Waals surface area contributed by atoms with Gasteiger partial charge in [-0.2, -0.15) is 0 Å². The number of ketones is 1. The minimum atomic E-state index is -3.56. The standard InChI is InChI=1S/C40H65IN5O7S/c1-37(2,3)54(52,53)24-40(21-11-8-12-22-40)45-36(51)44-32(39(6)19-9-7-10-20-39)35(50)46-23-27-29(41-38(27,4)5)30(46)33(48)43-28(18-15-25-13-14-25)31(47)34(49)42-26-16-17-26/h25-30,32H,7-24H2,1-6H3,(H,42,49)(H,43,48)(H2,44,45,51)/q-1/t27?,28-,29?,30?,32+/m0/s1. The quantitative estimate of drug-likeness (QED) is 0.115. The first-order valence-electron chi connectivity index (χ1n) is 20.7. The van der Waals surface area contributed by atoms with E-state index in [9.17, 15) is 27.6 Å². The fourth-order valence-electron chi connectivity index (χ4n) is 9.25. The molecule has 0 spiro atoms. The molecule has 0 bridgehead atoms. The topological polar surface area (TPSA) is 171 Å². The van der Waals surface area contributed by atoms with Crippen molar-refractivity contribution in [2.75, 3.05) is 12.3 Å². The van der Waals surface area contributed by atoms with Gasteiger partial charge in [0, 0.05) is 0 Å². The molecule has 12 nitrogen and oxygen atoms in total. The molecule has 3 unspecified atom stereocenters. The molecule has 4 saturated carbocycles. The van der Waals surface area contributed by atoms with Crippen molar-refractivity contribution >= 4 is 39.4 Å². The molecule has 5 atom stereocenters. The summed E-state index contributed by atoms with van der Waals surface area (Å²) < 4.78 is 26.0. The molecule has 0 aromatic carbocycles. The van der Waals surface area contributed by atoms with Crippen LogP contribution >= 0.6 is 0 Å². The molecule has 2 saturated heterocycles. The second-order valence-electron chi connectivity index (χ2n) is 19.3. The summed E-state index contributed by atoms with van der Waals surface area (Å²) in [4.78, 5) is 71.9. The fraction of sp³-hybridized carbons (Fsp3) is 0.875. The van der Waals surface area contributed by atoms with Gasteiger partial charge in [-0.15, -0.1) is 0 Å². The van der Waals surface area contributed by atoms with E-state index in [0.29, 0.717) is 31.7 Å². The number of rotatable bonds is 14. The van der Waals surface area contributed by atoms with E-state index in [-0.39, 0.29) is 36.9 Å². The van der Waals surface area contributed by atoms with E-state index in [0.717, 1.165) is 83.5 Å². The number of Topliss-reactive ketones (excluding diaryl/α,β-unsaturated/α-hetero) is 1. The molecule has 2 heterocycles. The average molecular weight is 887 g/mol. The van der Waals surface area contributed by atoms with Crippen molar-refractivity contribution in [1.82, 2.24) is 26.2 Å². The molecule has 2 aliphatic heterocycles. The van der Waals surface area contributed by atoms with Crippen LogP contribution in [0.3, 0.4) is 0 Å². The Kier molecular flexibility index (Phi) is 12.2. The number of nitrogens with zero attached hydrogens (tertiary/aromatic N) is 1. The van der Waals surface area contributed by atoms with Crippen LogP contribution in [0.25, 0.3) is 0 Å². The van der Waals surface area contributed by atoms with Crippen LogP contribution in [-0.2, 0) is 29.0 Å². The first-order chi connectivity index (χ1) is 25.2. The molecule has 5 amide bonds. The van der Waals surface area contributed by atoms with Crippen molar-refractivity contribution in [3.05, 3.63) is 0 Å². The molecular formula is C40H65IN5O7S-. The molecule has 306 valence electrons. The van der Waals surface area contributed by atoms with Crippen molar-refractivity contribution in [3.8, 4) is 0 Å². The van der Waals surface area contributed by atoms with Crippen LogP contribution in [0.4, 0.5) is 4.79 Å². The Labute approximate surface area is 333 Å². The number of amides is 5. The molecule has 4 N–H and O–H groups in total. The predicted octanol–water partition coefficient (Wildman–Crippen LogP) is 1.14. The van der Waals surface area contributed by atoms with E-state index in [1.165, 1.54) is 0 Å². The van der Waals surface area contributed by atoms with Crippen molar-refractivity contribution in [3.63, 3.8) is 0 Å². The number of carbonyl (C=O) groups excluding carboxylic acids is 5. The molecule has 14 heteroatoms. The van der Waals surface area contributed by atoms with Crippen molar-refractivity contribution < 1.29 is 53.6 Å². The Bertz CT molecular complexity index is 1570. The molecule has 0 aromatic heterocycles. The summed E-state index contributed by atoms with van der Waals surface area (Å²) in [6.07, 6.45) is 13.0. The second-order valence-corrected chi connectivity index (χ2v) is 26.9. The monoisotopic (exact) mass is 886 g/mol. The van der Waals surface area contributed by atoms with Crippen LogP contribution in [0.15, 0.2) is 0 Å². The Balaban J connectivity index is 1.25. The summed E-state index contributed by atoms with van der Waals surface area (Å²) in [7, 11) is -3.56. The number of urea groups is 1. The van der Waals surface area contributed by atoms with Crippen molar-refractivity contribution in [2.24, 2.45) is 17.3 Å². The van der Waals surface area contributed by atoms with E-state index in [1.807, 2.05) is 0 Å². The van der Waals surface area contributed by atoms with Gasteiger partial charge in [-0.1, -0.05) is 0 Å². The third-order valence-electron chi connectivity index (χ3n) is 13.4. The summed E-state index contributed by atoms with van der Waals surface area (Å²) in [5.41, 5.74) is -1.51. The number of nitrogens with one attached hydrogen (secondary N) is 4. The number of fused-ring (bicyclic) bond motifs is 1. The normalized spacial score (nSPS) is 28.6. The number of likely N-dealkylation sites (tertiary alicyclic amines) is 1. The van der Waals surface area contributed by atoms with Crippen molar-refractivity contribution in [2.45, 2.75) is 186 Å². The molecule has 4 aliphatic carbocycles. The van der Waals surface area contributed by atoms with E-state index >= 15 is 4.79 Å².